The lowest BCUT2D eigenvalue weighted by molar-refractivity contribution is -0.117. The fourth-order valence-corrected chi connectivity index (χ4v) is 3.16. The normalized spacial score (nSPS) is 10.9. The minimum absolute atomic E-state index is 0.146. The molecule has 0 radical (unpaired) electrons. The fraction of sp³-hybridized carbons (Fsp3) is 0.158. The van der Waals surface area contributed by atoms with Gasteiger partial charge >= 0.3 is 0 Å². The molecule has 8 nitrogen and oxygen atoms in total. The van der Waals surface area contributed by atoms with Crippen LogP contribution in [-0.4, -0.2) is 37.4 Å². The van der Waals surface area contributed by atoms with E-state index in [0.717, 1.165) is 22.3 Å². The molecule has 2 heterocycles. The predicted octanol–water partition coefficient (Wildman–Crippen LogP) is 3.13. The lowest BCUT2D eigenvalue weighted by Crippen LogP contribution is -2.23. The van der Waals surface area contributed by atoms with Crippen LogP contribution < -0.4 is 10.2 Å². The predicted molar refractivity (Wildman–Crippen MR) is 108 cm³/mol. The highest BCUT2D eigenvalue weighted by atomic mass is 32.1. The van der Waals surface area contributed by atoms with E-state index in [0.29, 0.717) is 17.1 Å². The molecule has 4 rings (SSSR count). The summed E-state index contributed by atoms with van der Waals surface area (Å²) in [6, 6.07) is 15.1. The van der Waals surface area contributed by atoms with Crippen LogP contribution in [0.25, 0.3) is 22.4 Å². The Hall–Kier alpha value is -3.46. The first kappa shape index (κ1) is 17.9. The second kappa shape index (κ2) is 7.65. The van der Waals surface area contributed by atoms with Gasteiger partial charge in [0.2, 0.25) is 5.91 Å². The molecule has 0 aliphatic carbocycles. The summed E-state index contributed by atoms with van der Waals surface area (Å²) in [6.45, 7) is 0.398. The molecule has 0 aliphatic rings. The summed E-state index contributed by atoms with van der Waals surface area (Å²) in [5, 5.41) is 7.09. The van der Waals surface area contributed by atoms with Crippen molar-refractivity contribution in [2.24, 2.45) is 0 Å². The van der Waals surface area contributed by atoms with E-state index >= 15 is 0 Å². The maximum atomic E-state index is 12.4. The lowest BCUT2D eigenvalue weighted by Gasteiger charge is -2.09. The van der Waals surface area contributed by atoms with E-state index in [1.807, 2.05) is 53.1 Å². The first-order valence-corrected chi connectivity index (χ1v) is 9.08. The van der Waals surface area contributed by atoms with Crippen LogP contribution in [-0.2, 0) is 11.3 Å². The van der Waals surface area contributed by atoms with Gasteiger partial charge in [-0.25, -0.2) is 9.66 Å². The van der Waals surface area contributed by atoms with Gasteiger partial charge in [0.15, 0.2) is 10.6 Å². The van der Waals surface area contributed by atoms with E-state index in [-0.39, 0.29) is 12.3 Å². The number of methoxy groups -OCH3 is 1. The molecule has 1 amide bonds. The molecule has 2 N–H and O–H groups in total. The highest BCUT2D eigenvalue weighted by molar-refractivity contribution is 7.71. The number of aromatic amines is 1. The van der Waals surface area contributed by atoms with Crippen LogP contribution in [0.15, 0.2) is 54.9 Å². The van der Waals surface area contributed by atoms with Gasteiger partial charge in [0.25, 0.3) is 0 Å². The highest BCUT2D eigenvalue weighted by Crippen LogP contribution is 2.21. The molecule has 2 aromatic heterocycles. The van der Waals surface area contributed by atoms with E-state index in [4.69, 9.17) is 17.0 Å². The smallest absolute Gasteiger partial charge is 0.240 e. The molecule has 0 fully saturated rings. The Morgan fingerprint density at radius 1 is 1.21 bits per heavy atom. The van der Waals surface area contributed by atoms with E-state index in [9.17, 15) is 4.79 Å². The van der Waals surface area contributed by atoms with Crippen molar-refractivity contribution in [1.29, 1.82) is 0 Å². The summed E-state index contributed by atoms with van der Waals surface area (Å²) in [7, 11) is 1.62. The Morgan fingerprint density at radius 2 is 2.00 bits per heavy atom. The lowest BCUT2D eigenvalue weighted by atomic mass is 10.2. The number of ether oxygens (including phenoxy) is 1. The molecule has 0 aliphatic heterocycles. The van der Waals surface area contributed by atoms with Crippen molar-refractivity contribution in [3.8, 4) is 17.1 Å². The molecular weight excluding hydrogens is 376 g/mol. The molecule has 2 aromatic carbocycles. The highest BCUT2D eigenvalue weighted by Gasteiger charge is 2.12. The molecule has 0 spiro atoms. The maximum absolute atomic E-state index is 12.4. The number of para-hydroxylation sites is 2. The summed E-state index contributed by atoms with van der Waals surface area (Å²) in [5.41, 5.74) is 5.39. The molecule has 0 unspecified atom stereocenters. The first-order chi connectivity index (χ1) is 13.7. The zero-order valence-corrected chi connectivity index (χ0v) is 15.9. The zero-order valence-electron chi connectivity index (χ0n) is 15.1. The van der Waals surface area contributed by atoms with Gasteiger partial charge in [0.1, 0.15) is 12.1 Å². The van der Waals surface area contributed by atoms with Crippen molar-refractivity contribution in [2.75, 3.05) is 12.5 Å². The molecule has 0 saturated heterocycles. The fourth-order valence-electron chi connectivity index (χ4n) is 2.94. The average Bonchev–Trinajstić information content (AvgIpc) is 3.30. The van der Waals surface area contributed by atoms with Gasteiger partial charge in [0.05, 0.1) is 18.1 Å². The Kier molecular flexibility index (Phi) is 4.90. The van der Waals surface area contributed by atoms with Gasteiger partial charge in [-0.3, -0.25) is 19.9 Å². The summed E-state index contributed by atoms with van der Waals surface area (Å²) < 4.78 is 9.08. The first-order valence-electron chi connectivity index (χ1n) is 8.67. The third-order valence-electron chi connectivity index (χ3n) is 4.37. The zero-order chi connectivity index (χ0) is 19.5. The van der Waals surface area contributed by atoms with Gasteiger partial charge in [0, 0.05) is 18.5 Å². The van der Waals surface area contributed by atoms with Crippen molar-refractivity contribution in [2.45, 2.75) is 13.0 Å². The van der Waals surface area contributed by atoms with E-state index in [1.54, 1.807) is 18.1 Å². The number of rotatable bonds is 6. The van der Waals surface area contributed by atoms with Crippen molar-refractivity contribution in [3.05, 3.63) is 59.6 Å². The number of nitrogens with one attached hydrogen (secondary N) is 2. The Morgan fingerprint density at radius 3 is 2.79 bits per heavy atom. The average molecular weight is 394 g/mol. The minimum atomic E-state index is -0.146. The SMILES string of the molecule is COc1ccc(-c2n[nH]c(=S)n2CCC(=O)Nn2cnc3ccccc32)cc1. The van der Waals surface area contributed by atoms with Gasteiger partial charge in [-0.1, -0.05) is 12.1 Å². The second-order valence-corrected chi connectivity index (χ2v) is 6.51. The van der Waals surface area contributed by atoms with Gasteiger partial charge in [-0.2, -0.15) is 5.10 Å². The number of imidazole rings is 1. The molecule has 0 saturated carbocycles. The number of carbonyl (C=O) groups is 1. The summed E-state index contributed by atoms with van der Waals surface area (Å²) in [5.74, 6) is 1.29. The standard InChI is InChI=1S/C19H18N6O2S/c1-27-14-8-6-13(7-9-14)18-21-22-19(28)24(18)11-10-17(26)23-25-12-20-15-4-2-3-5-16(15)25/h2-9,12H,10-11H2,1H3,(H,22,28)(H,23,26). The van der Waals surface area contributed by atoms with Crippen LogP contribution in [0.3, 0.4) is 0 Å². The number of aromatic nitrogens is 5. The summed E-state index contributed by atoms with van der Waals surface area (Å²) in [6.07, 6.45) is 1.83. The summed E-state index contributed by atoms with van der Waals surface area (Å²) in [4.78, 5) is 16.7. The minimum Gasteiger partial charge on any atom is -0.497 e. The van der Waals surface area contributed by atoms with Crippen LogP contribution in [0.1, 0.15) is 6.42 Å². The number of hydrogen-bond donors (Lipinski definition) is 2. The molecule has 0 bridgehead atoms. The van der Waals surface area contributed by atoms with Crippen LogP contribution >= 0.6 is 12.2 Å². The van der Waals surface area contributed by atoms with Crippen molar-refractivity contribution in [1.82, 2.24) is 24.4 Å². The monoisotopic (exact) mass is 394 g/mol. The molecule has 142 valence electrons. The maximum Gasteiger partial charge on any atom is 0.240 e. The number of benzene rings is 2. The molecule has 28 heavy (non-hydrogen) atoms. The molecular formula is C19H18N6O2S. The van der Waals surface area contributed by atoms with E-state index in [2.05, 4.69) is 20.6 Å². The van der Waals surface area contributed by atoms with Crippen molar-refractivity contribution >= 4 is 29.2 Å². The Bertz CT molecular complexity index is 1180. The summed E-state index contributed by atoms with van der Waals surface area (Å²) >= 11 is 5.33. The van der Waals surface area contributed by atoms with Crippen molar-refractivity contribution < 1.29 is 9.53 Å². The third kappa shape index (κ3) is 3.52. The number of fused-ring (bicyclic) bond motifs is 1. The number of amides is 1. The largest absolute Gasteiger partial charge is 0.497 e. The molecule has 0 atom stereocenters. The van der Waals surface area contributed by atoms with Crippen LogP contribution in [0.5, 0.6) is 5.75 Å². The number of H-pyrrole nitrogens is 1. The number of carbonyl (C=O) groups excluding carboxylic acids is 1. The third-order valence-corrected chi connectivity index (χ3v) is 4.68. The molecule has 4 aromatic rings. The van der Waals surface area contributed by atoms with E-state index < -0.39 is 0 Å². The topological polar surface area (TPSA) is 89.8 Å². The number of nitrogens with zero attached hydrogens (tertiary/aromatic N) is 4. The van der Waals surface area contributed by atoms with Gasteiger partial charge in [-0.15, -0.1) is 0 Å². The number of hydrogen-bond acceptors (Lipinski definition) is 5. The van der Waals surface area contributed by atoms with Gasteiger partial charge < -0.3 is 4.74 Å². The Balaban J connectivity index is 1.48. The van der Waals surface area contributed by atoms with Crippen LogP contribution in [0.2, 0.25) is 0 Å². The van der Waals surface area contributed by atoms with Crippen molar-refractivity contribution in [3.63, 3.8) is 0 Å². The quantitative estimate of drug-likeness (QED) is 0.491. The van der Waals surface area contributed by atoms with Crippen LogP contribution in [0, 0.1) is 4.77 Å². The van der Waals surface area contributed by atoms with Gasteiger partial charge in [-0.05, 0) is 48.6 Å². The van der Waals surface area contributed by atoms with E-state index in [1.165, 1.54) is 0 Å². The molecule has 9 heteroatoms. The Labute approximate surface area is 165 Å². The van der Waals surface area contributed by atoms with Crippen LogP contribution in [0.4, 0.5) is 0 Å². The second-order valence-electron chi connectivity index (χ2n) is 6.12.